The van der Waals surface area contributed by atoms with Gasteiger partial charge in [0.2, 0.25) is 5.88 Å². The van der Waals surface area contributed by atoms with Crippen molar-refractivity contribution in [3.8, 4) is 5.88 Å². The normalized spacial score (nSPS) is 23.4. The van der Waals surface area contributed by atoms with Crippen LogP contribution in [0.3, 0.4) is 0 Å². The molecular weight excluding hydrogens is 294 g/mol. The van der Waals surface area contributed by atoms with Gasteiger partial charge >= 0.3 is 0 Å². The molecule has 0 bridgehead atoms. The van der Waals surface area contributed by atoms with Gasteiger partial charge in [-0.15, -0.1) is 0 Å². The summed E-state index contributed by atoms with van der Waals surface area (Å²) in [6.45, 7) is 6.14. The molecule has 1 aliphatic heterocycles. The smallest absolute Gasteiger partial charge is 0.218 e. The van der Waals surface area contributed by atoms with E-state index >= 15 is 0 Å². The van der Waals surface area contributed by atoms with Crippen molar-refractivity contribution in [2.45, 2.75) is 32.7 Å². The fourth-order valence-corrected chi connectivity index (χ4v) is 3.29. The minimum absolute atomic E-state index is 0.513. The van der Waals surface area contributed by atoms with Crippen molar-refractivity contribution in [1.29, 1.82) is 0 Å². The van der Waals surface area contributed by atoms with Gasteiger partial charge in [0.25, 0.3) is 0 Å². The minimum Gasteiger partial charge on any atom is -0.478 e. The van der Waals surface area contributed by atoms with Gasteiger partial charge in [-0.3, -0.25) is 0 Å². The summed E-state index contributed by atoms with van der Waals surface area (Å²) in [5.41, 5.74) is 0. The van der Waals surface area contributed by atoms with Crippen LogP contribution in [0.2, 0.25) is 0 Å². The Bertz CT molecular complexity index is 388. The van der Waals surface area contributed by atoms with Gasteiger partial charge in [-0.2, -0.15) is 0 Å². The first-order chi connectivity index (χ1) is 8.76. The van der Waals surface area contributed by atoms with E-state index in [2.05, 4.69) is 44.6 Å². The van der Waals surface area contributed by atoms with E-state index < -0.39 is 0 Å². The van der Waals surface area contributed by atoms with E-state index in [-0.39, 0.29) is 0 Å². The second-order valence-electron chi connectivity index (χ2n) is 4.74. The molecule has 1 fully saturated rings. The lowest BCUT2D eigenvalue weighted by Crippen LogP contribution is -2.34. The highest BCUT2D eigenvalue weighted by atomic mass is 79.9. The van der Waals surface area contributed by atoms with Gasteiger partial charge in [-0.25, -0.2) is 9.97 Å². The standard InChI is InChI=1S/C13H20BrN3O/c1-3-6-18-13-7-12(15-9-16-13)17-5-4-10(2)11(17)8-14/h7,9-11H,3-6,8H2,1-2H3. The van der Waals surface area contributed by atoms with Gasteiger partial charge in [-0.1, -0.05) is 29.8 Å². The largest absolute Gasteiger partial charge is 0.478 e. The molecule has 1 aromatic rings. The minimum atomic E-state index is 0.513. The lowest BCUT2D eigenvalue weighted by Gasteiger charge is -2.26. The number of anilines is 1. The highest BCUT2D eigenvalue weighted by molar-refractivity contribution is 9.09. The van der Waals surface area contributed by atoms with Crippen molar-refractivity contribution in [2.24, 2.45) is 5.92 Å². The Kier molecular flexibility index (Phi) is 4.80. The predicted octanol–water partition coefficient (Wildman–Crippen LogP) is 2.88. The van der Waals surface area contributed by atoms with E-state index in [0.29, 0.717) is 24.4 Å². The van der Waals surface area contributed by atoms with Crippen LogP contribution in [-0.4, -0.2) is 34.5 Å². The number of hydrogen-bond acceptors (Lipinski definition) is 4. The van der Waals surface area contributed by atoms with Crippen LogP contribution in [-0.2, 0) is 0 Å². The molecule has 2 unspecified atom stereocenters. The van der Waals surface area contributed by atoms with Crippen molar-refractivity contribution in [1.82, 2.24) is 9.97 Å². The zero-order chi connectivity index (χ0) is 13.0. The first-order valence-corrected chi connectivity index (χ1v) is 7.65. The van der Waals surface area contributed by atoms with Crippen LogP contribution in [0.1, 0.15) is 26.7 Å². The van der Waals surface area contributed by atoms with Crippen molar-refractivity contribution >= 4 is 21.7 Å². The van der Waals surface area contributed by atoms with Crippen molar-refractivity contribution in [3.05, 3.63) is 12.4 Å². The molecule has 2 rings (SSSR count). The van der Waals surface area contributed by atoms with Crippen LogP contribution < -0.4 is 9.64 Å². The summed E-state index contributed by atoms with van der Waals surface area (Å²) in [5, 5.41) is 0.976. The van der Waals surface area contributed by atoms with Crippen LogP contribution >= 0.6 is 15.9 Å². The highest BCUT2D eigenvalue weighted by Crippen LogP contribution is 2.30. The highest BCUT2D eigenvalue weighted by Gasteiger charge is 2.31. The molecule has 5 heteroatoms. The lowest BCUT2D eigenvalue weighted by atomic mass is 10.1. The van der Waals surface area contributed by atoms with E-state index in [0.717, 1.165) is 24.1 Å². The Morgan fingerprint density at radius 1 is 1.50 bits per heavy atom. The fraction of sp³-hybridized carbons (Fsp3) is 0.692. The third kappa shape index (κ3) is 2.94. The molecule has 1 saturated heterocycles. The molecule has 1 aliphatic rings. The maximum atomic E-state index is 5.56. The Morgan fingerprint density at radius 2 is 2.33 bits per heavy atom. The van der Waals surface area contributed by atoms with Crippen LogP contribution in [0.15, 0.2) is 12.4 Å². The van der Waals surface area contributed by atoms with Gasteiger partial charge in [0.1, 0.15) is 12.1 Å². The number of nitrogens with zero attached hydrogens (tertiary/aromatic N) is 3. The summed E-state index contributed by atoms with van der Waals surface area (Å²) in [6.07, 6.45) is 3.80. The quantitative estimate of drug-likeness (QED) is 0.783. The monoisotopic (exact) mass is 313 g/mol. The van der Waals surface area contributed by atoms with E-state index in [1.807, 2.05) is 6.07 Å². The molecule has 0 saturated carbocycles. The summed E-state index contributed by atoms with van der Waals surface area (Å²) in [7, 11) is 0. The number of alkyl halides is 1. The summed E-state index contributed by atoms with van der Waals surface area (Å²) in [6, 6.07) is 2.46. The predicted molar refractivity (Wildman–Crippen MR) is 76.5 cm³/mol. The first kappa shape index (κ1) is 13.6. The number of rotatable bonds is 5. The van der Waals surface area contributed by atoms with E-state index in [4.69, 9.17) is 4.74 Å². The second kappa shape index (κ2) is 6.36. The van der Waals surface area contributed by atoms with Gasteiger partial charge < -0.3 is 9.64 Å². The molecule has 0 aromatic carbocycles. The summed E-state index contributed by atoms with van der Waals surface area (Å²) in [4.78, 5) is 10.9. The third-order valence-corrected chi connectivity index (χ3v) is 4.08. The first-order valence-electron chi connectivity index (χ1n) is 6.53. The zero-order valence-corrected chi connectivity index (χ0v) is 12.6. The maximum absolute atomic E-state index is 5.56. The molecule has 100 valence electrons. The average molecular weight is 314 g/mol. The topological polar surface area (TPSA) is 38.2 Å². The molecule has 0 spiro atoms. The number of hydrogen-bond donors (Lipinski definition) is 0. The van der Waals surface area contributed by atoms with Gasteiger partial charge in [0, 0.05) is 24.0 Å². The SMILES string of the molecule is CCCOc1cc(N2CCC(C)C2CBr)ncn1. The van der Waals surface area contributed by atoms with E-state index in [1.54, 1.807) is 6.33 Å². The zero-order valence-electron chi connectivity index (χ0n) is 11.0. The Hall–Kier alpha value is -0.840. The molecule has 2 atom stereocenters. The van der Waals surface area contributed by atoms with E-state index in [1.165, 1.54) is 6.42 Å². The summed E-state index contributed by atoms with van der Waals surface area (Å²) in [5.74, 6) is 2.35. The van der Waals surface area contributed by atoms with Gasteiger partial charge in [-0.05, 0) is 18.8 Å². The molecule has 1 aromatic heterocycles. The van der Waals surface area contributed by atoms with Crippen molar-refractivity contribution in [3.63, 3.8) is 0 Å². The Balaban J connectivity index is 2.12. The average Bonchev–Trinajstić information content (AvgIpc) is 2.77. The fourth-order valence-electron chi connectivity index (χ4n) is 2.30. The number of halogens is 1. The molecule has 0 radical (unpaired) electrons. The molecule has 4 nitrogen and oxygen atoms in total. The van der Waals surface area contributed by atoms with Gasteiger partial charge in [0.15, 0.2) is 0 Å². The molecule has 0 N–H and O–H groups in total. The third-order valence-electron chi connectivity index (χ3n) is 3.42. The molecule has 0 aliphatic carbocycles. The van der Waals surface area contributed by atoms with Crippen LogP contribution in [0, 0.1) is 5.92 Å². The molecular formula is C13H20BrN3O. The van der Waals surface area contributed by atoms with Crippen LogP contribution in [0.25, 0.3) is 0 Å². The van der Waals surface area contributed by atoms with Crippen molar-refractivity contribution in [2.75, 3.05) is 23.4 Å². The molecule has 0 amide bonds. The van der Waals surface area contributed by atoms with E-state index in [9.17, 15) is 0 Å². The van der Waals surface area contributed by atoms with Crippen LogP contribution in [0.4, 0.5) is 5.82 Å². The Morgan fingerprint density at radius 3 is 3.06 bits per heavy atom. The maximum Gasteiger partial charge on any atom is 0.218 e. The lowest BCUT2D eigenvalue weighted by molar-refractivity contribution is 0.304. The van der Waals surface area contributed by atoms with Crippen molar-refractivity contribution < 1.29 is 4.74 Å². The molecule has 18 heavy (non-hydrogen) atoms. The van der Waals surface area contributed by atoms with Gasteiger partial charge in [0.05, 0.1) is 6.61 Å². The summed E-state index contributed by atoms with van der Waals surface area (Å²) < 4.78 is 5.56. The van der Waals surface area contributed by atoms with Crippen LogP contribution in [0.5, 0.6) is 5.88 Å². The molecule has 2 heterocycles. The second-order valence-corrected chi connectivity index (χ2v) is 5.39. The number of ether oxygens (including phenoxy) is 1. The summed E-state index contributed by atoms with van der Waals surface area (Å²) >= 11 is 3.60. The number of aromatic nitrogens is 2. The Labute approximate surface area is 117 Å².